The maximum Gasteiger partial charge on any atom is 0.315 e. The molecule has 708 valence electrons. The fourth-order valence-electron chi connectivity index (χ4n) is 20.4. The van der Waals surface area contributed by atoms with E-state index in [1.165, 1.54) is 9.80 Å². The zero-order chi connectivity index (χ0) is 94.4. The molecule has 16 atom stereocenters. The molecule has 11 fully saturated rings. The van der Waals surface area contributed by atoms with Crippen molar-refractivity contribution in [2.75, 3.05) is 39.5 Å². The van der Waals surface area contributed by atoms with Gasteiger partial charge in [-0.3, -0.25) is 62.3 Å². The van der Waals surface area contributed by atoms with Crippen LogP contribution in [0.4, 0.5) is 14.4 Å². The number of hydrogen-bond acceptors (Lipinski definition) is 19. The number of amides is 15. The standard InChI is InChI=1S/C34H57N5O7.C30H49N5O6.C28H45N5O6/c1-31(2,3)21(17-46-29(44)33(7,8)9)37-30(45)38-25(32(4,5)6)28(43)39-16-19-22(34(19,10)11)23(39)27(42)36-20(24(40)26(35)41)15-18-13-12-14-18;1-28(2,3)23(33-27(41)34-30(16-36)12-8-6-7-9-13-30)26(40)35-15-18-20(29(18,4)5)21(35)25(39)32-19(14-17-10-11-17)22(37)24(31)38;1-26(2,3)21(31-25(39)32-28(14-34)10-6-7-11-28)24(38)33-13-16-18(27(16,4)5)19(33)23(37)30-17(12-15-8-9-15)20(35)22(29)36/h18-23,25H,12-17H2,1-11H3,(H2,35,41)(H,36,42)(H2,37,38,45);17-21,23,36H,6-16H2,1-5H3,(H2,31,38)(H,32,39)(H2,33,34,41);15-19,21,34H,6-14H2,1-5H3,(H2,29,36)(H,30,37)(H2,31,32,39)/t19-,20?,21+,22-,23-,25+;18?,19?,20?,21-,23+;16?,17?,18?,19-,21+/m000/s1. The van der Waals surface area contributed by atoms with Gasteiger partial charge in [0.15, 0.2) is 0 Å². The van der Waals surface area contributed by atoms with Gasteiger partial charge in [0.25, 0.3) is 17.7 Å². The number of piperidine rings is 3. The SMILES string of the molecule is CC(C)(C)C(=O)OC[C@@H](NC(=O)N[C@H](C(=O)N1C[C@H]2[C@@H]([C@H]1C(=O)NC(CC1CCC1)C(=O)C(N)=O)C2(C)C)C(C)(C)C)C(C)(C)C.CC1(C)C2CN(C(=O)[C@@H](NC(=O)NC3(CO)CCCC3)C(C)(C)C)[C@H](C(=O)NC(CC3CC3)C(=O)C(N)=O)C21.CC1(C)C2CN(C(=O)[C@@H](NC(=O)NC3(CO)CCCCCC3)C(C)(C)C)[C@H](C(=O)NC(CC3CC3)C(=O)C(N)=O)C21. The van der Waals surface area contributed by atoms with Crippen LogP contribution in [0.1, 0.15) is 274 Å². The number of carbonyl (C=O) groups excluding carboxylic acids is 16. The van der Waals surface area contributed by atoms with Gasteiger partial charge in [-0.1, -0.05) is 208 Å². The number of esters is 1. The number of ketones is 3. The quantitative estimate of drug-likeness (QED) is 0.0236. The van der Waals surface area contributed by atoms with E-state index in [-0.39, 0.29) is 107 Å². The van der Waals surface area contributed by atoms with Gasteiger partial charge in [0.1, 0.15) is 42.9 Å². The summed E-state index contributed by atoms with van der Waals surface area (Å²) in [6.45, 7) is 40.6. The van der Waals surface area contributed by atoms with E-state index in [1.807, 2.05) is 83.1 Å². The average Bonchev–Trinajstić information content (AvgIpc) is 1.53. The third-order valence-corrected chi connectivity index (χ3v) is 29.7. The maximum atomic E-state index is 14.3. The third kappa shape index (κ3) is 23.7. The van der Waals surface area contributed by atoms with Gasteiger partial charge in [0, 0.05) is 19.6 Å². The highest BCUT2D eigenvalue weighted by Crippen LogP contribution is 2.67. The van der Waals surface area contributed by atoms with Crippen molar-refractivity contribution in [3.63, 3.8) is 0 Å². The van der Waals surface area contributed by atoms with Crippen LogP contribution in [0.15, 0.2) is 0 Å². The molecule has 15 amide bonds. The first kappa shape index (κ1) is 101. The molecule has 8 saturated carbocycles. The Labute approximate surface area is 743 Å². The number of aliphatic hydroxyl groups excluding tert-OH is 2. The Bertz CT molecular complexity index is 4120. The second-order valence-electron chi connectivity index (χ2n) is 45.9. The molecule has 7 unspecified atom stereocenters. The molecule has 11 aliphatic rings. The number of likely N-dealkylation sites (tertiary alicyclic amines) is 3. The maximum absolute atomic E-state index is 14.3. The second kappa shape index (κ2) is 38.2. The molecular weight excluding hydrogens is 1620 g/mol. The van der Waals surface area contributed by atoms with Crippen LogP contribution < -0.4 is 65.1 Å². The van der Waals surface area contributed by atoms with Crippen LogP contribution in [0, 0.1) is 96.6 Å². The first-order valence-corrected chi connectivity index (χ1v) is 46.1. The fraction of sp³-hybridized carbons (Fsp3) is 0.826. The number of primary amides is 3. The van der Waals surface area contributed by atoms with Crippen LogP contribution in [0.5, 0.6) is 0 Å². The molecule has 0 aromatic heterocycles. The van der Waals surface area contributed by atoms with Gasteiger partial charge >= 0.3 is 24.1 Å². The van der Waals surface area contributed by atoms with Crippen LogP contribution in [0.3, 0.4) is 0 Å². The van der Waals surface area contributed by atoms with Crippen molar-refractivity contribution < 1.29 is 91.7 Å². The molecule has 126 heavy (non-hydrogen) atoms. The minimum atomic E-state index is -1.10. The van der Waals surface area contributed by atoms with Gasteiger partial charge in [-0.2, -0.15) is 0 Å². The Morgan fingerprint density at radius 3 is 0.889 bits per heavy atom. The van der Waals surface area contributed by atoms with E-state index in [1.54, 1.807) is 25.7 Å². The summed E-state index contributed by atoms with van der Waals surface area (Å²) in [6.07, 6.45) is 16.1. The lowest BCUT2D eigenvalue weighted by Crippen LogP contribution is -2.63. The predicted molar refractivity (Wildman–Crippen MR) is 468 cm³/mol. The summed E-state index contributed by atoms with van der Waals surface area (Å²) < 4.78 is 5.52. The molecule has 0 aromatic carbocycles. The number of hydrogen-bond donors (Lipinski definition) is 14. The van der Waals surface area contributed by atoms with Crippen molar-refractivity contribution in [2.24, 2.45) is 114 Å². The lowest BCUT2D eigenvalue weighted by Gasteiger charge is -2.39. The average molecular weight is 1770 g/mol. The third-order valence-electron chi connectivity index (χ3n) is 29.7. The number of nitrogens with zero attached hydrogens (tertiary/aromatic N) is 3. The lowest BCUT2D eigenvalue weighted by molar-refractivity contribution is -0.154. The molecule has 11 rings (SSSR count). The molecule has 0 spiro atoms. The Kier molecular flexibility index (Phi) is 30.7. The Morgan fingerprint density at radius 1 is 0.373 bits per heavy atom. The molecule has 17 N–H and O–H groups in total. The largest absolute Gasteiger partial charge is 0.463 e. The molecule has 8 aliphatic carbocycles. The summed E-state index contributed by atoms with van der Waals surface area (Å²) in [5, 5.41) is 45.7. The fourth-order valence-corrected chi connectivity index (χ4v) is 20.4. The highest BCUT2D eigenvalue weighted by atomic mass is 16.5. The molecule has 3 aliphatic heterocycles. The Hall–Kier alpha value is -8.56. The van der Waals surface area contributed by atoms with Crippen molar-refractivity contribution >= 4 is 94.6 Å². The summed E-state index contributed by atoms with van der Waals surface area (Å²) in [5.41, 5.74) is 10.7. The van der Waals surface area contributed by atoms with Crippen LogP contribution >= 0.6 is 0 Å². The Balaban J connectivity index is 0.000000214. The first-order valence-electron chi connectivity index (χ1n) is 46.1. The van der Waals surface area contributed by atoms with Gasteiger partial charge in [0.05, 0.1) is 53.9 Å². The number of urea groups is 3. The number of nitrogens with two attached hydrogens (primary N) is 3. The summed E-state index contributed by atoms with van der Waals surface area (Å²) in [7, 11) is 0. The minimum absolute atomic E-state index is 0.0417. The van der Waals surface area contributed by atoms with E-state index >= 15 is 0 Å². The zero-order valence-corrected chi connectivity index (χ0v) is 78.8. The highest BCUT2D eigenvalue weighted by Gasteiger charge is 2.73. The van der Waals surface area contributed by atoms with Crippen LogP contribution in [-0.2, 0) is 67.1 Å². The first-order chi connectivity index (χ1) is 58.1. The molecule has 3 heterocycles. The number of aliphatic hydroxyl groups is 2. The topological polar surface area (TPSA) is 519 Å². The Morgan fingerprint density at radius 2 is 0.651 bits per heavy atom. The monoisotopic (exact) mass is 1770 g/mol. The highest BCUT2D eigenvalue weighted by molar-refractivity contribution is 6.39. The number of carbonyl (C=O) groups is 16. The zero-order valence-electron chi connectivity index (χ0n) is 78.8. The number of Topliss-reactive ketones (excluding diaryl/α,β-unsaturated/α-hetero) is 3. The summed E-state index contributed by atoms with van der Waals surface area (Å²) in [5.74, 6) is -8.02. The lowest BCUT2D eigenvalue weighted by atomic mass is 9.80. The normalized spacial score (nSPS) is 26.7. The minimum Gasteiger partial charge on any atom is -0.463 e. The number of ether oxygens (including phenoxy) is 1. The van der Waals surface area contributed by atoms with E-state index in [2.05, 4.69) is 89.4 Å². The van der Waals surface area contributed by atoms with E-state index in [0.717, 1.165) is 83.5 Å². The van der Waals surface area contributed by atoms with Gasteiger partial charge in [-0.15, -0.1) is 0 Å². The van der Waals surface area contributed by atoms with Crippen LogP contribution in [0.25, 0.3) is 0 Å². The molecule has 0 aromatic rings. The van der Waals surface area contributed by atoms with Gasteiger partial charge < -0.3 is 94.7 Å². The van der Waals surface area contributed by atoms with Crippen molar-refractivity contribution in [3.05, 3.63) is 0 Å². The van der Waals surface area contributed by atoms with Crippen molar-refractivity contribution in [3.8, 4) is 0 Å². The summed E-state index contributed by atoms with van der Waals surface area (Å²) in [6, 6.07) is -10.7. The molecule has 3 saturated heterocycles. The predicted octanol–water partition coefficient (Wildman–Crippen LogP) is 5.35. The van der Waals surface area contributed by atoms with Crippen molar-refractivity contribution in [2.45, 2.75) is 345 Å². The number of fused-ring (bicyclic) bond motifs is 3. The summed E-state index contributed by atoms with van der Waals surface area (Å²) in [4.78, 5) is 214. The van der Waals surface area contributed by atoms with Gasteiger partial charge in [0.2, 0.25) is 52.8 Å². The molecular formula is C92H151N15O19. The smallest absolute Gasteiger partial charge is 0.315 e. The molecule has 34 heteroatoms. The molecule has 0 bridgehead atoms. The van der Waals surface area contributed by atoms with E-state index in [0.29, 0.717) is 64.6 Å². The van der Waals surface area contributed by atoms with E-state index in [4.69, 9.17) is 21.9 Å². The summed E-state index contributed by atoms with van der Waals surface area (Å²) >= 11 is 0. The van der Waals surface area contributed by atoms with Crippen molar-refractivity contribution in [1.82, 2.24) is 62.6 Å². The van der Waals surface area contributed by atoms with E-state index in [9.17, 15) is 86.9 Å². The molecule has 0 radical (unpaired) electrons. The van der Waals surface area contributed by atoms with Gasteiger partial charge in [-0.25, -0.2) is 14.4 Å². The number of rotatable bonds is 31. The van der Waals surface area contributed by atoms with Crippen LogP contribution in [-0.4, -0.2) is 230 Å². The van der Waals surface area contributed by atoms with Crippen LogP contribution in [0.2, 0.25) is 0 Å². The second-order valence-corrected chi connectivity index (χ2v) is 45.9. The van der Waals surface area contributed by atoms with E-state index < -0.39 is 175 Å². The number of nitrogens with one attached hydrogen (secondary N) is 9. The van der Waals surface area contributed by atoms with Crippen molar-refractivity contribution in [1.29, 1.82) is 0 Å². The molecule has 34 nitrogen and oxygen atoms in total. The van der Waals surface area contributed by atoms with Gasteiger partial charge in [-0.05, 0) is 157 Å².